The molecule has 22 N–H and O–H groups in total. The standard InChI is InChI=1S/C44H81N15O13S/c1-26(54-41(67)36(34(61)24-48)58-38(64)28(49)11-3-5-18-45)37(63)53-25-35(62)55-31(13-7-20-47)42(68)59-22-9-14-32(59)40(66)57-30(17-23-73(2,71)72)39(65)56-29(12-4-6-19-46)33(60)16-15-27(43(69)70)10-8-21-52-44(50)51/h10,26,28-32,34,36,61H,3-9,11-25,45-49H2,1-2H3,(H,53,63)(H,54,67)(H,55,62)(H,56,65)(H,57,66)(H,58,64)(H,69,70)(H4,50,51,52)/b27-10+/t26-,28-,29-,30-,31+,32-,34-,36-/m0/s1. The number of carbonyl (C=O) groups is 9. The summed E-state index contributed by atoms with van der Waals surface area (Å²) < 4.78 is 24.6. The first-order valence-corrected chi connectivity index (χ1v) is 26.5. The number of aliphatic carboxylic acids is 1. The van der Waals surface area contributed by atoms with Gasteiger partial charge in [0.05, 0.1) is 30.5 Å². The molecular weight excluding hydrogens is 979 g/mol. The number of rotatable bonds is 37. The van der Waals surface area contributed by atoms with Crippen LogP contribution in [0.3, 0.4) is 0 Å². The van der Waals surface area contributed by atoms with Crippen molar-refractivity contribution >= 4 is 68.9 Å². The van der Waals surface area contributed by atoms with Crippen molar-refractivity contribution in [2.45, 2.75) is 145 Å². The zero-order chi connectivity index (χ0) is 55.3. The lowest BCUT2D eigenvalue weighted by molar-refractivity contribution is -0.142. The van der Waals surface area contributed by atoms with E-state index in [1.165, 1.54) is 17.9 Å². The Hall–Kier alpha value is -5.85. The van der Waals surface area contributed by atoms with Crippen LogP contribution in [0.5, 0.6) is 0 Å². The quantitative estimate of drug-likeness (QED) is 0.0119. The minimum Gasteiger partial charge on any atom is -0.478 e. The molecule has 1 aliphatic rings. The Labute approximate surface area is 426 Å². The van der Waals surface area contributed by atoms with Crippen molar-refractivity contribution in [2.24, 2.45) is 45.1 Å². The monoisotopic (exact) mass is 1060 g/mol. The Kier molecular flexibility index (Phi) is 30.8. The summed E-state index contributed by atoms with van der Waals surface area (Å²) in [6, 6.07) is -9.00. The molecule has 416 valence electrons. The number of carbonyl (C=O) groups excluding carboxylic acids is 8. The third kappa shape index (κ3) is 25.6. The number of aliphatic hydroxyl groups excluding tert-OH is 1. The number of Topliss-reactive ketones (excluding diaryl/α,β-unsaturated/α-hetero) is 1. The van der Waals surface area contributed by atoms with Crippen molar-refractivity contribution in [2.75, 3.05) is 57.8 Å². The largest absolute Gasteiger partial charge is 0.478 e. The Morgan fingerprint density at radius 1 is 0.753 bits per heavy atom. The average molecular weight is 1060 g/mol. The van der Waals surface area contributed by atoms with Crippen LogP contribution in [0.2, 0.25) is 0 Å². The fourth-order valence-corrected chi connectivity index (χ4v) is 8.16. The number of ketones is 1. The van der Waals surface area contributed by atoms with Gasteiger partial charge >= 0.3 is 5.97 Å². The molecule has 1 saturated heterocycles. The second-order valence-electron chi connectivity index (χ2n) is 17.8. The Bertz CT molecular complexity index is 2020. The molecule has 0 radical (unpaired) electrons. The highest BCUT2D eigenvalue weighted by molar-refractivity contribution is 7.90. The van der Waals surface area contributed by atoms with Gasteiger partial charge in [0.15, 0.2) is 11.7 Å². The smallest absolute Gasteiger partial charge is 0.331 e. The molecule has 73 heavy (non-hydrogen) atoms. The minimum absolute atomic E-state index is 0.0141. The molecule has 1 aliphatic heterocycles. The highest BCUT2D eigenvalue weighted by Crippen LogP contribution is 2.21. The number of aliphatic hydroxyl groups is 1. The van der Waals surface area contributed by atoms with Gasteiger partial charge in [-0.25, -0.2) is 13.2 Å². The molecule has 1 fully saturated rings. The van der Waals surface area contributed by atoms with Crippen LogP contribution in [0.1, 0.15) is 96.8 Å². The highest BCUT2D eigenvalue weighted by Gasteiger charge is 2.39. The van der Waals surface area contributed by atoms with Gasteiger partial charge in [0.25, 0.3) is 0 Å². The van der Waals surface area contributed by atoms with Gasteiger partial charge in [-0.05, 0) is 104 Å². The van der Waals surface area contributed by atoms with E-state index in [0.29, 0.717) is 38.6 Å². The third-order valence-electron chi connectivity index (χ3n) is 11.6. The summed E-state index contributed by atoms with van der Waals surface area (Å²) in [4.78, 5) is 124. The van der Waals surface area contributed by atoms with E-state index in [2.05, 4.69) is 36.9 Å². The Morgan fingerprint density at radius 2 is 1.38 bits per heavy atom. The number of unbranched alkanes of at least 4 members (excludes halogenated alkanes) is 2. The van der Waals surface area contributed by atoms with E-state index in [-0.39, 0.29) is 89.1 Å². The molecule has 0 unspecified atom stereocenters. The van der Waals surface area contributed by atoms with Gasteiger partial charge in [-0.2, -0.15) is 0 Å². The van der Waals surface area contributed by atoms with E-state index in [4.69, 9.17) is 40.1 Å². The van der Waals surface area contributed by atoms with Crippen LogP contribution >= 0.6 is 0 Å². The van der Waals surface area contributed by atoms with Gasteiger partial charge in [-0.15, -0.1) is 0 Å². The Balaban J connectivity index is 3.17. The topological polar surface area (TPSA) is 498 Å². The van der Waals surface area contributed by atoms with Crippen molar-refractivity contribution in [1.82, 2.24) is 36.8 Å². The minimum atomic E-state index is -3.69. The summed E-state index contributed by atoms with van der Waals surface area (Å²) in [6.07, 6.45) is 3.12. The van der Waals surface area contributed by atoms with Crippen molar-refractivity contribution in [3.05, 3.63) is 11.6 Å². The SMILES string of the molecule is C[C@H](NC(=O)[C@@H](NC(=O)[C@@H](N)CCCCN)[C@@H](O)CN)C(=O)NCC(=O)N[C@H](CCCN)C(=O)N1CCC[C@H]1C(=O)N[C@@H](CCS(C)(=O)=O)C(=O)N[C@@H](CCCCN)C(=O)CC/C(=C\CCN=C(N)N)C(=O)O. The maximum absolute atomic E-state index is 14.1. The van der Waals surface area contributed by atoms with Crippen molar-refractivity contribution in [1.29, 1.82) is 0 Å². The number of hydrogen-bond acceptors (Lipinski definition) is 18. The number of sulfone groups is 1. The number of nitrogens with two attached hydrogens (primary N) is 7. The van der Waals surface area contributed by atoms with Crippen LogP contribution in [-0.2, 0) is 53.0 Å². The molecule has 0 aliphatic carbocycles. The predicted octanol–water partition coefficient (Wildman–Crippen LogP) is -6.36. The number of nitrogens with one attached hydrogen (secondary N) is 6. The summed E-state index contributed by atoms with van der Waals surface area (Å²) >= 11 is 0. The highest BCUT2D eigenvalue weighted by atomic mass is 32.2. The second-order valence-corrected chi connectivity index (χ2v) is 20.1. The molecule has 1 heterocycles. The number of carboxylic acids is 1. The number of aliphatic imine (C=N–C) groups is 1. The van der Waals surface area contributed by atoms with Crippen LogP contribution in [-0.4, -0.2) is 189 Å². The number of nitrogens with zero attached hydrogens (tertiary/aromatic N) is 2. The number of guanidine groups is 1. The van der Waals surface area contributed by atoms with Crippen LogP contribution in [0, 0.1) is 0 Å². The Morgan fingerprint density at radius 3 is 1.97 bits per heavy atom. The van der Waals surface area contributed by atoms with Gasteiger partial charge in [0.2, 0.25) is 41.4 Å². The van der Waals surface area contributed by atoms with Crippen LogP contribution in [0.4, 0.5) is 0 Å². The number of amides is 7. The molecule has 7 amide bonds. The van der Waals surface area contributed by atoms with E-state index in [1.807, 2.05) is 0 Å². The molecule has 0 aromatic heterocycles. The predicted molar refractivity (Wildman–Crippen MR) is 270 cm³/mol. The molecule has 29 heteroatoms. The molecule has 28 nitrogen and oxygen atoms in total. The fourth-order valence-electron chi connectivity index (χ4n) is 7.50. The van der Waals surface area contributed by atoms with Crippen molar-refractivity contribution in [3.63, 3.8) is 0 Å². The van der Waals surface area contributed by atoms with E-state index in [1.54, 1.807) is 0 Å². The summed E-state index contributed by atoms with van der Waals surface area (Å²) in [6.45, 7) is 1.12. The zero-order valence-electron chi connectivity index (χ0n) is 42.0. The van der Waals surface area contributed by atoms with E-state index in [9.17, 15) is 61.8 Å². The first kappa shape index (κ1) is 65.2. The van der Waals surface area contributed by atoms with Gasteiger partial charge in [-0.3, -0.25) is 43.3 Å². The molecule has 0 bridgehead atoms. The maximum Gasteiger partial charge on any atom is 0.331 e. The number of likely N-dealkylation sites (tertiary alicyclic amines) is 1. The lowest BCUT2D eigenvalue weighted by Gasteiger charge is -2.30. The van der Waals surface area contributed by atoms with E-state index >= 15 is 0 Å². The zero-order valence-corrected chi connectivity index (χ0v) is 42.8. The fraction of sp³-hybridized carbons (Fsp3) is 0.727. The average Bonchev–Trinajstić information content (AvgIpc) is 3.83. The maximum atomic E-state index is 14.1. The van der Waals surface area contributed by atoms with Crippen LogP contribution < -0.4 is 72.0 Å². The summed E-state index contributed by atoms with van der Waals surface area (Å²) in [7, 11) is -3.69. The molecule has 0 saturated carbocycles. The normalized spacial score (nSPS) is 16.6. The van der Waals surface area contributed by atoms with Crippen LogP contribution in [0.15, 0.2) is 16.6 Å². The molecule has 8 atom stereocenters. The first-order valence-electron chi connectivity index (χ1n) is 24.4. The lowest BCUT2D eigenvalue weighted by atomic mass is 9.98. The molecule has 0 spiro atoms. The lowest BCUT2D eigenvalue weighted by Crippen LogP contribution is -2.60. The summed E-state index contributed by atoms with van der Waals surface area (Å²) in [5, 5.41) is 34.9. The van der Waals surface area contributed by atoms with Crippen LogP contribution in [0.25, 0.3) is 0 Å². The van der Waals surface area contributed by atoms with Gasteiger partial charge in [0, 0.05) is 37.9 Å². The summed E-state index contributed by atoms with van der Waals surface area (Å²) in [5.74, 6) is -8.32. The first-order chi connectivity index (χ1) is 34.4. The van der Waals surface area contributed by atoms with Gasteiger partial charge < -0.3 is 87.1 Å². The molecular formula is C44H81N15O13S. The third-order valence-corrected chi connectivity index (χ3v) is 12.6. The van der Waals surface area contributed by atoms with Gasteiger partial charge in [0.1, 0.15) is 40.0 Å². The molecule has 0 aromatic rings. The number of hydrogen-bond donors (Lipinski definition) is 15. The van der Waals surface area contributed by atoms with Crippen molar-refractivity contribution in [3.8, 4) is 0 Å². The molecule has 0 aromatic carbocycles. The van der Waals surface area contributed by atoms with Crippen molar-refractivity contribution < 1.29 is 61.8 Å². The van der Waals surface area contributed by atoms with E-state index < -0.39 is 137 Å². The van der Waals surface area contributed by atoms with E-state index in [0.717, 1.165) is 6.26 Å². The van der Waals surface area contributed by atoms with Gasteiger partial charge in [-0.1, -0.05) is 12.5 Å². The molecule has 1 rings (SSSR count). The summed E-state index contributed by atoms with van der Waals surface area (Å²) in [5.41, 5.74) is 38.9. The number of carboxylic acid groups (broad SMARTS) is 1. The second kappa shape index (κ2) is 34.5.